The van der Waals surface area contributed by atoms with Gasteiger partial charge in [0.1, 0.15) is 0 Å². The highest BCUT2D eigenvalue weighted by molar-refractivity contribution is 5.63. The van der Waals surface area contributed by atoms with Gasteiger partial charge in [0.05, 0.1) is 28.4 Å². The lowest BCUT2D eigenvalue weighted by molar-refractivity contribution is 0.208. The molecule has 2 aromatic carbocycles. The molecule has 2 aliphatic heterocycles. The summed E-state index contributed by atoms with van der Waals surface area (Å²) in [6, 6.07) is 6.10. The van der Waals surface area contributed by atoms with Gasteiger partial charge in [0, 0.05) is 31.1 Å². The van der Waals surface area contributed by atoms with Crippen molar-refractivity contribution in [1.29, 1.82) is 0 Å². The van der Waals surface area contributed by atoms with Gasteiger partial charge in [-0.3, -0.25) is 4.90 Å². The number of nitrogens with zero attached hydrogens (tertiary/aromatic N) is 1. The van der Waals surface area contributed by atoms with Crippen LogP contribution >= 0.6 is 0 Å². The van der Waals surface area contributed by atoms with Crippen molar-refractivity contribution < 1.29 is 24.1 Å². The number of rotatable bonds is 4. The molecule has 6 nitrogen and oxygen atoms in total. The molecule has 0 amide bonds. The summed E-state index contributed by atoms with van der Waals surface area (Å²) >= 11 is 0. The highest BCUT2D eigenvalue weighted by Gasteiger charge is 2.36. The van der Waals surface area contributed by atoms with Crippen molar-refractivity contribution in [3.8, 4) is 28.7 Å². The number of phenols is 1. The van der Waals surface area contributed by atoms with Crippen molar-refractivity contribution in [2.24, 2.45) is 0 Å². The Morgan fingerprint density at radius 2 is 1.50 bits per heavy atom. The Balaban J connectivity index is 1.91. The molecule has 1 unspecified atom stereocenters. The van der Waals surface area contributed by atoms with Crippen molar-refractivity contribution in [2.45, 2.75) is 19.0 Å². The van der Waals surface area contributed by atoms with E-state index in [1.807, 2.05) is 6.07 Å². The molecule has 2 aliphatic rings. The summed E-state index contributed by atoms with van der Waals surface area (Å²) in [7, 11) is 6.43. The van der Waals surface area contributed by atoms with Gasteiger partial charge in [-0.1, -0.05) is 0 Å². The molecule has 0 radical (unpaired) electrons. The predicted octanol–water partition coefficient (Wildman–Crippen LogP) is 2.89. The normalized spacial score (nSPS) is 20.0. The van der Waals surface area contributed by atoms with Gasteiger partial charge in [0.2, 0.25) is 5.75 Å². The first-order valence-corrected chi connectivity index (χ1v) is 8.55. The van der Waals surface area contributed by atoms with E-state index in [4.69, 9.17) is 18.9 Å². The summed E-state index contributed by atoms with van der Waals surface area (Å²) < 4.78 is 21.8. The number of methoxy groups -OCH3 is 4. The van der Waals surface area contributed by atoms with Crippen LogP contribution < -0.4 is 18.9 Å². The molecule has 0 fully saturated rings. The second kappa shape index (κ2) is 6.29. The maximum atomic E-state index is 10.8. The van der Waals surface area contributed by atoms with Crippen molar-refractivity contribution in [2.75, 3.05) is 35.0 Å². The summed E-state index contributed by atoms with van der Waals surface area (Å²) in [4.78, 5) is 2.33. The molecule has 1 N–H and O–H groups in total. The SMILES string of the molecule is COc1cc2c(cc1OC)[C@H]1CN(C2)Cc2c1cc(OC)c(OC)c2O. The Hall–Kier alpha value is -2.60. The largest absolute Gasteiger partial charge is 0.504 e. The quantitative estimate of drug-likeness (QED) is 0.908. The Bertz CT molecular complexity index is 864. The molecule has 0 aliphatic carbocycles. The molecule has 2 atom stereocenters. The summed E-state index contributed by atoms with van der Waals surface area (Å²) in [5, 5.41) is 10.8. The van der Waals surface area contributed by atoms with Crippen LogP contribution in [0.25, 0.3) is 0 Å². The molecule has 2 heterocycles. The number of benzene rings is 2. The molecule has 0 saturated heterocycles. The van der Waals surface area contributed by atoms with Crippen molar-refractivity contribution in [1.82, 2.24) is 4.90 Å². The summed E-state index contributed by atoms with van der Waals surface area (Å²) in [5.74, 6) is 2.69. The highest BCUT2D eigenvalue weighted by Crippen LogP contribution is 2.50. The van der Waals surface area contributed by atoms with Crippen LogP contribution in [0.15, 0.2) is 18.2 Å². The van der Waals surface area contributed by atoms with Gasteiger partial charge in [-0.15, -0.1) is 0 Å². The number of hydrogen-bond donors (Lipinski definition) is 1. The Labute approximate surface area is 152 Å². The van der Waals surface area contributed by atoms with Crippen LogP contribution in [0.2, 0.25) is 0 Å². The van der Waals surface area contributed by atoms with E-state index in [2.05, 4.69) is 17.0 Å². The average Bonchev–Trinajstić information content (AvgIpc) is 2.67. The third kappa shape index (κ3) is 2.36. The Morgan fingerprint density at radius 1 is 0.846 bits per heavy atom. The molecule has 2 bridgehead atoms. The minimum absolute atomic E-state index is 0.132. The van der Waals surface area contributed by atoms with Crippen molar-refractivity contribution >= 4 is 0 Å². The monoisotopic (exact) mass is 357 g/mol. The lowest BCUT2D eigenvalue weighted by Gasteiger charge is -2.41. The molecule has 138 valence electrons. The first kappa shape index (κ1) is 16.8. The van der Waals surface area contributed by atoms with Gasteiger partial charge in [-0.05, 0) is 34.9 Å². The maximum absolute atomic E-state index is 10.8. The molecule has 0 spiro atoms. The smallest absolute Gasteiger partial charge is 0.203 e. The number of ether oxygens (including phenoxy) is 4. The Morgan fingerprint density at radius 3 is 2.15 bits per heavy atom. The van der Waals surface area contributed by atoms with Crippen molar-refractivity contribution in [3.63, 3.8) is 0 Å². The van der Waals surface area contributed by atoms with Crippen LogP contribution in [0.3, 0.4) is 0 Å². The number of phenolic OH excluding ortho intramolecular Hbond substituents is 1. The van der Waals surface area contributed by atoms with Crippen LogP contribution in [-0.2, 0) is 13.1 Å². The first-order valence-electron chi connectivity index (χ1n) is 8.55. The summed E-state index contributed by atoms with van der Waals surface area (Å²) in [5.41, 5.74) is 4.40. The third-order valence-corrected chi connectivity index (χ3v) is 5.40. The standard InChI is InChI=1S/C20H23NO5/c1-23-16-5-11-8-21-9-14(12(11)6-17(16)24-2)13-7-18(25-3)20(26-4)19(22)15(13)10-21/h5-7,14,22H,8-10H2,1-4H3/t14-/m1/s1. The summed E-state index contributed by atoms with van der Waals surface area (Å²) in [6.07, 6.45) is 0. The van der Waals surface area contributed by atoms with Gasteiger partial charge in [-0.25, -0.2) is 0 Å². The van der Waals surface area contributed by atoms with E-state index in [9.17, 15) is 5.11 Å². The maximum Gasteiger partial charge on any atom is 0.203 e. The highest BCUT2D eigenvalue weighted by atomic mass is 16.5. The molecule has 6 heteroatoms. The van der Waals surface area contributed by atoms with Crippen LogP contribution in [0.5, 0.6) is 28.7 Å². The second-order valence-electron chi connectivity index (χ2n) is 6.66. The van der Waals surface area contributed by atoms with Crippen LogP contribution in [0, 0.1) is 0 Å². The van der Waals surface area contributed by atoms with Gasteiger partial charge in [0.15, 0.2) is 23.0 Å². The number of aromatic hydroxyl groups is 1. The van der Waals surface area contributed by atoms with Gasteiger partial charge in [0.25, 0.3) is 0 Å². The van der Waals surface area contributed by atoms with Gasteiger partial charge < -0.3 is 24.1 Å². The van der Waals surface area contributed by atoms with E-state index < -0.39 is 0 Å². The molecule has 26 heavy (non-hydrogen) atoms. The lowest BCUT2D eigenvalue weighted by Crippen LogP contribution is -2.38. The predicted molar refractivity (Wildman–Crippen MR) is 96.7 cm³/mol. The molecular weight excluding hydrogens is 334 g/mol. The van der Waals surface area contributed by atoms with Crippen LogP contribution in [-0.4, -0.2) is 45.0 Å². The molecule has 0 saturated carbocycles. The van der Waals surface area contributed by atoms with Crippen molar-refractivity contribution in [3.05, 3.63) is 40.5 Å². The zero-order chi connectivity index (χ0) is 18.4. The van der Waals surface area contributed by atoms with E-state index in [-0.39, 0.29) is 11.7 Å². The zero-order valence-electron chi connectivity index (χ0n) is 15.5. The fourth-order valence-corrected chi connectivity index (χ4v) is 4.18. The fraction of sp³-hybridized carbons (Fsp3) is 0.400. The second-order valence-corrected chi connectivity index (χ2v) is 6.66. The average molecular weight is 357 g/mol. The molecule has 0 aromatic heterocycles. The molecule has 2 aromatic rings. The first-order chi connectivity index (χ1) is 12.6. The van der Waals surface area contributed by atoms with Gasteiger partial charge >= 0.3 is 0 Å². The number of hydrogen-bond acceptors (Lipinski definition) is 6. The van der Waals surface area contributed by atoms with E-state index in [1.54, 1.807) is 28.4 Å². The minimum atomic E-state index is 0.132. The van der Waals surface area contributed by atoms with E-state index in [0.717, 1.165) is 35.7 Å². The van der Waals surface area contributed by atoms with Gasteiger partial charge in [-0.2, -0.15) is 0 Å². The fourth-order valence-electron chi connectivity index (χ4n) is 4.18. The molecular formula is C20H23NO5. The summed E-state index contributed by atoms with van der Waals surface area (Å²) in [6.45, 7) is 2.37. The van der Waals surface area contributed by atoms with Crippen LogP contribution in [0.1, 0.15) is 28.2 Å². The lowest BCUT2D eigenvalue weighted by atomic mass is 9.79. The van der Waals surface area contributed by atoms with E-state index in [0.29, 0.717) is 18.0 Å². The third-order valence-electron chi connectivity index (χ3n) is 5.40. The minimum Gasteiger partial charge on any atom is -0.504 e. The number of fused-ring (bicyclic) bond motifs is 6. The molecule has 4 rings (SSSR count). The zero-order valence-corrected chi connectivity index (χ0v) is 15.5. The topological polar surface area (TPSA) is 60.4 Å². The van der Waals surface area contributed by atoms with E-state index >= 15 is 0 Å². The Kier molecular flexibility index (Phi) is 4.07. The van der Waals surface area contributed by atoms with Crippen LogP contribution in [0.4, 0.5) is 0 Å². The van der Waals surface area contributed by atoms with E-state index in [1.165, 1.54) is 11.1 Å².